The first kappa shape index (κ1) is 24.8. The van der Waals surface area contributed by atoms with Crippen molar-refractivity contribution in [1.29, 1.82) is 0 Å². The Kier molecular flexibility index (Phi) is 7.30. The number of ketones is 1. The number of hydrogen-bond acceptors (Lipinski definition) is 3. The molecule has 32 heavy (non-hydrogen) atoms. The first-order chi connectivity index (χ1) is 15.1. The predicted molar refractivity (Wildman–Crippen MR) is 137 cm³/mol. The maximum atomic E-state index is 12.1. The van der Waals surface area contributed by atoms with Crippen LogP contribution in [0.4, 0.5) is 0 Å². The van der Waals surface area contributed by atoms with Crippen LogP contribution in [0.15, 0.2) is 11.6 Å². The van der Waals surface area contributed by atoms with Crippen molar-refractivity contribution in [3.63, 3.8) is 0 Å². The molecule has 0 aromatic heterocycles. The predicted octanol–water partition coefficient (Wildman–Crippen LogP) is 7.30. The first-order valence-corrected chi connectivity index (χ1v) is 14.7. The van der Waals surface area contributed by atoms with E-state index in [0.717, 1.165) is 47.3 Å². The van der Waals surface area contributed by atoms with Gasteiger partial charge in [0.15, 0.2) is 5.78 Å². The molecule has 182 valence electrons. The van der Waals surface area contributed by atoms with Crippen molar-refractivity contribution < 1.29 is 9.90 Å². The van der Waals surface area contributed by atoms with Gasteiger partial charge in [-0.3, -0.25) is 4.79 Å². The largest absolute Gasteiger partial charge is 0.389 e. The lowest BCUT2D eigenvalue weighted by Crippen LogP contribution is -2.54. The van der Waals surface area contributed by atoms with E-state index in [-0.39, 0.29) is 11.2 Å². The highest BCUT2D eigenvalue weighted by Crippen LogP contribution is 2.67. The second-order valence-electron chi connectivity index (χ2n) is 12.6. The van der Waals surface area contributed by atoms with E-state index in [1.54, 1.807) is 0 Å². The second-order valence-corrected chi connectivity index (χ2v) is 14.1. The van der Waals surface area contributed by atoms with Crippen LogP contribution in [-0.4, -0.2) is 28.0 Å². The van der Waals surface area contributed by atoms with E-state index in [4.69, 9.17) is 0 Å². The van der Waals surface area contributed by atoms with Crippen LogP contribution in [0.5, 0.6) is 0 Å². The molecule has 2 nitrogen and oxygen atoms in total. The highest BCUT2D eigenvalue weighted by atomic mass is 32.2. The van der Waals surface area contributed by atoms with E-state index in [0.29, 0.717) is 23.7 Å². The van der Waals surface area contributed by atoms with E-state index in [9.17, 15) is 9.90 Å². The molecule has 4 aliphatic rings. The van der Waals surface area contributed by atoms with Crippen LogP contribution < -0.4 is 0 Å². The first-order valence-electron chi connectivity index (χ1n) is 13.7. The maximum Gasteiger partial charge on any atom is 0.155 e. The Labute approximate surface area is 201 Å². The van der Waals surface area contributed by atoms with Gasteiger partial charge in [-0.2, -0.15) is 11.8 Å². The lowest BCUT2D eigenvalue weighted by molar-refractivity contribution is -0.119. The summed E-state index contributed by atoms with van der Waals surface area (Å²) >= 11 is 2.16. The van der Waals surface area contributed by atoms with Gasteiger partial charge in [-0.05, 0) is 115 Å². The fraction of sp³-hybridized carbons (Fsp3) is 0.897. The van der Waals surface area contributed by atoms with Crippen LogP contribution in [0, 0.1) is 46.3 Å². The summed E-state index contributed by atoms with van der Waals surface area (Å²) in [5.41, 5.74) is 1.56. The average Bonchev–Trinajstić information content (AvgIpc) is 3.09. The van der Waals surface area contributed by atoms with Gasteiger partial charge in [0.1, 0.15) is 0 Å². The lowest BCUT2D eigenvalue weighted by Gasteiger charge is -2.59. The molecule has 4 aliphatic carbocycles. The number of aliphatic hydroxyl groups excluding tert-OH is 1. The molecule has 0 amide bonds. The minimum Gasteiger partial charge on any atom is -0.389 e. The number of hydrogen-bond donors (Lipinski definition) is 1. The smallest absolute Gasteiger partial charge is 0.155 e. The summed E-state index contributed by atoms with van der Waals surface area (Å²) in [7, 11) is 0. The van der Waals surface area contributed by atoms with Gasteiger partial charge in [0.05, 0.1) is 6.10 Å². The summed E-state index contributed by atoms with van der Waals surface area (Å²) in [6.45, 7) is 14.6. The van der Waals surface area contributed by atoms with Crippen molar-refractivity contribution in [3.05, 3.63) is 11.6 Å². The zero-order chi connectivity index (χ0) is 23.3. The molecular formula is C29H48O2S. The Morgan fingerprint density at radius 1 is 1.09 bits per heavy atom. The number of thioether (sulfide) groups is 1. The number of aliphatic hydroxyl groups is 1. The van der Waals surface area contributed by atoms with Gasteiger partial charge in [-0.25, -0.2) is 0 Å². The monoisotopic (exact) mass is 460 g/mol. The van der Waals surface area contributed by atoms with Crippen LogP contribution in [0.1, 0.15) is 99.3 Å². The van der Waals surface area contributed by atoms with Gasteiger partial charge in [-0.15, -0.1) is 0 Å². The zero-order valence-electron chi connectivity index (χ0n) is 21.5. The van der Waals surface area contributed by atoms with E-state index in [1.807, 2.05) is 6.08 Å². The number of fused-ring (bicyclic) bond motifs is 5. The Balaban J connectivity index is 1.49. The van der Waals surface area contributed by atoms with Crippen molar-refractivity contribution in [2.24, 2.45) is 46.3 Å². The molecule has 0 saturated heterocycles. The Morgan fingerprint density at radius 2 is 1.84 bits per heavy atom. The molecule has 9 atom stereocenters. The van der Waals surface area contributed by atoms with Gasteiger partial charge in [0, 0.05) is 11.7 Å². The van der Waals surface area contributed by atoms with Gasteiger partial charge in [-0.1, -0.05) is 41.5 Å². The van der Waals surface area contributed by atoms with E-state index < -0.39 is 6.10 Å². The molecule has 0 aliphatic heterocycles. The molecule has 0 aromatic rings. The van der Waals surface area contributed by atoms with Gasteiger partial charge in [0.2, 0.25) is 0 Å². The molecule has 0 bridgehead atoms. The number of rotatable bonds is 7. The van der Waals surface area contributed by atoms with Crippen LogP contribution in [0.25, 0.3) is 0 Å². The van der Waals surface area contributed by atoms with E-state index >= 15 is 0 Å². The van der Waals surface area contributed by atoms with Crippen LogP contribution in [0.3, 0.4) is 0 Å². The van der Waals surface area contributed by atoms with Gasteiger partial charge < -0.3 is 5.11 Å². The summed E-state index contributed by atoms with van der Waals surface area (Å²) < 4.78 is 0. The van der Waals surface area contributed by atoms with Gasteiger partial charge in [0.25, 0.3) is 0 Å². The molecule has 4 rings (SSSR count). The highest BCUT2D eigenvalue weighted by molar-refractivity contribution is 7.99. The van der Waals surface area contributed by atoms with E-state index in [2.05, 4.69) is 53.3 Å². The number of carbonyl (C=O) groups is 1. The molecular weight excluding hydrogens is 412 g/mol. The van der Waals surface area contributed by atoms with Crippen molar-refractivity contribution in [3.8, 4) is 0 Å². The summed E-state index contributed by atoms with van der Waals surface area (Å²) in [5.74, 6) is 5.90. The third-order valence-corrected chi connectivity index (χ3v) is 12.3. The quantitative estimate of drug-likeness (QED) is 0.433. The van der Waals surface area contributed by atoms with Crippen LogP contribution >= 0.6 is 11.8 Å². The summed E-state index contributed by atoms with van der Waals surface area (Å²) in [6.07, 6.45) is 12.0. The minimum absolute atomic E-state index is 0.0448. The fourth-order valence-electron chi connectivity index (χ4n) is 9.03. The summed E-state index contributed by atoms with van der Waals surface area (Å²) in [4.78, 5) is 12.1. The maximum absolute atomic E-state index is 12.1. The van der Waals surface area contributed by atoms with Gasteiger partial charge >= 0.3 is 0 Å². The van der Waals surface area contributed by atoms with Crippen molar-refractivity contribution in [1.82, 2.24) is 0 Å². The minimum atomic E-state index is -0.401. The van der Waals surface area contributed by atoms with Crippen molar-refractivity contribution in [2.75, 3.05) is 5.75 Å². The summed E-state index contributed by atoms with van der Waals surface area (Å²) in [6, 6.07) is 0. The molecule has 3 heteroatoms. The molecule has 3 fully saturated rings. The fourth-order valence-corrected chi connectivity index (χ4v) is 10.1. The third-order valence-electron chi connectivity index (χ3n) is 10.8. The molecule has 0 unspecified atom stereocenters. The standard InChI is InChI=1S/C29H48O2S/c1-7-32-27(18(2)3)11-8-19(4)22-9-10-23-21-17-26(31)25-16-20(30)12-14-29(25,6)24(21)13-15-28(22,23)5/h16,18-19,21-24,26-27,31H,7-15,17H2,1-6H3/t19-,21-,22-,23-,24+,26-,27+,28-,29-/m1/s1. The topological polar surface area (TPSA) is 37.3 Å². The molecule has 3 saturated carbocycles. The SMILES string of the molecule is CCS[C@@H](CC[C@@H](C)[C@H]1CC[C@@H]2[C@H]3C[C@@H](O)C4=CC(=O)CC[C@]4(C)[C@H]3CC[C@@]21C)C(C)C. The molecule has 1 N–H and O–H groups in total. The van der Waals surface area contributed by atoms with Crippen molar-refractivity contribution in [2.45, 2.75) is 111 Å². The Bertz CT molecular complexity index is 729. The average molecular weight is 461 g/mol. The second kappa shape index (κ2) is 9.40. The Morgan fingerprint density at radius 3 is 2.53 bits per heavy atom. The molecule has 0 aromatic carbocycles. The highest BCUT2D eigenvalue weighted by Gasteiger charge is 2.60. The van der Waals surface area contributed by atoms with Crippen molar-refractivity contribution >= 4 is 17.5 Å². The van der Waals surface area contributed by atoms with Crippen LogP contribution in [0.2, 0.25) is 0 Å². The molecule has 0 heterocycles. The normalized spacial score (nSPS) is 43.3. The third kappa shape index (κ3) is 4.16. The lowest BCUT2D eigenvalue weighted by atomic mass is 9.46. The van der Waals surface area contributed by atoms with Crippen LogP contribution in [-0.2, 0) is 4.79 Å². The molecule has 0 radical (unpaired) electrons. The van der Waals surface area contributed by atoms with E-state index in [1.165, 1.54) is 44.3 Å². The number of carbonyl (C=O) groups excluding carboxylic acids is 1. The zero-order valence-corrected chi connectivity index (χ0v) is 22.3. The summed E-state index contributed by atoms with van der Waals surface area (Å²) in [5, 5.41) is 11.9. The Hall–Kier alpha value is -0.280. The molecule has 0 spiro atoms.